The van der Waals surface area contributed by atoms with Crippen molar-refractivity contribution in [3.05, 3.63) is 35.7 Å². The van der Waals surface area contributed by atoms with Crippen molar-refractivity contribution < 1.29 is 14.7 Å². The lowest BCUT2D eigenvalue weighted by Gasteiger charge is -2.09. The van der Waals surface area contributed by atoms with Crippen molar-refractivity contribution in [3.8, 4) is 0 Å². The molecule has 0 unspecified atom stereocenters. The first-order chi connectivity index (χ1) is 9.56. The van der Waals surface area contributed by atoms with E-state index in [2.05, 4.69) is 20.8 Å². The molecule has 0 saturated heterocycles. The number of carboxylic acid groups (broad SMARTS) is 1. The van der Waals surface area contributed by atoms with Crippen LogP contribution in [0.15, 0.2) is 24.5 Å². The number of aromatic carboxylic acids is 1. The Balaban J connectivity index is 2.00. The van der Waals surface area contributed by atoms with Crippen LogP contribution in [0, 0.1) is 6.92 Å². The first-order valence-corrected chi connectivity index (χ1v) is 5.91. The fraction of sp³-hybridized carbons (Fsp3) is 0.250. The van der Waals surface area contributed by atoms with Gasteiger partial charge in [0.1, 0.15) is 6.33 Å². The average Bonchev–Trinajstić information content (AvgIpc) is 2.92. The summed E-state index contributed by atoms with van der Waals surface area (Å²) in [5, 5.41) is 22.2. The van der Waals surface area contributed by atoms with Crippen LogP contribution in [0.4, 0.5) is 5.69 Å². The van der Waals surface area contributed by atoms with Gasteiger partial charge in [-0.3, -0.25) is 4.79 Å². The Labute approximate surface area is 114 Å². The highest BCUT2D eigenvalue weighted by Crippen LogP contribution is 2.17. The Morgan fingerprint density at radius 2 is 2.20 bits per heavy atom. The maximum absolute atomic E-state index is 11.8. The molecule has 1 aromatic heterocycles. The number of nitrogens with zero attached hydrogens (tertiary/aromatic N) is 4. The summed E-state index contributed by atoms with van der Waals surface area (Å²) in [5.41, 5.74) is 1.42. The molecule has 1 aromatic carbocycles. The number of anilines is 1. The summed E-state index contributed by atoms with van der Waals surface area (Å²) in [7, 11) is 0. The van der Waals surface area contributed by atoms with Crippen LogP contribution < -0.4 is 5.32 Å². The Kier molecular flexibility index (Phi) is 4.04. The largest absolute Gasteiger partial charge is 0.478 e. The van der Waals surface area contributed by atoms with E-state index >= 15 is 0 Å². The molecule has 0 aliphatic rings. The van der Waals surface area contributed by atoms with Gasteiger partial charge in [0.25, 0.3) is 0 Å². The van der Waals surface area contributed by atoms with Crippen LogP contribution in [-0.4, -0.2) is 37.2 Å². The van der Waals surface area contributed by atoms with Gasteiger partial charge in [-0.05, 0) is 35.0 Å². The first kappa shape index (κ1) is 13.7. The van der Waals surface area contributed by atoms with Gasteiger partial charge in [-0.1, -0.05) is 6.07 Å². The minimum absolute atomic E-state index is 0.131. The molecule has 1 heterocycles. The molecule has 1 amide bonds. The normalized spacial score (nSPS) is 10.2. The SMILES string of the molecule is Cc1ccc(C(=O)O)cc1NC(=O)CCn1cnnn1. The number of carbonyl (C=O) groups excluding carboxylic acids is 1. The molecule has 8 heteroatoms. The zero-order valence-corrected chi connectivity index (χ0v) is 10.8. The van der Waals surface area contributed by atoms with Crippen molar-refractivity contribution in [3.63, 3.8) is 0 Å². The molecule has 0 aliphatic carbocycles. The molecule has 0 radical (unpaired) electrons. The van der Waals surface area contributed by atoms with E-state index in [1.54, 1.807) is 13.0 Å². The molecule has 20 heavy (non-hydrogen) atoms. The van der Waals surface area contributed by atoms with E-state index in [1.807, 2.05) is 0 Å². The Bertz CT molecular complexity index is 624. The van der Waals surface area contributed by atoms with Gasteiger partial charge in [-0.2, -0.15) is 0 Å². The maximum atomic E-state index is 11.8. The Morgan fingerprint density at radius 3 is 2.85 bits per heavy atom. The first-order valence-electron chi connectivity index (χ1n) is 5.91. The van der Waals surface area contributed by atoms with Gasteiger partial charge in [0.2, 0.25) is 5.91 Å². The van der Waals surface area contributed by atoms with E-state index < -0.39 is 5.97 Å². The van der Waals surface area contributed by atoms with Gasteiger partial charge in [-0.25, -0.2) is 9.48 Å². The van der Waals surface area contributed by atoms with Crippen LogP contribution in [0.1, 0.15) is 22.3 Å². The third-order valence-electron chi connectivity index (χ3n) is 2.72. The lowest BCUT2D eigenvalue weighted by atomic mass is 10.1. The number of benzene rings is 1. The lowest BCUT2D eigenvalue weighted by Crippen LogP contribution is -2.16. The van der Waals surface area contributed by atoms with E-state index in [0.29, 0.717) is 12.2 Å². The monoisotopic (exact) mass is 275 g/mol. The summed E-state index contributed by atoms with van der Waals surface area (Å²) in [6.45, 7) is 2.15. The second-order valence-corrected chi connectivity index (χ2v) is 4.21. The molecule has 0 bridgehead atoms. The van der Waals surface area contributed by atoms with Gasteiger partial charge in [-0.15, -0.1) is 5.10 Å². The number of nitrogens with one attached hydrogen (secondary N) is 1. The molecule has 2 rings (SSSR count). The maximum Gasteiger partial charge on any atom is 0.335 e. The van der Waals surface area contributed by atoms with Gasteiger partial charge in [0.15, 0.2) is 0 Å². The van der Waals surface area contributed by atoms with Crippen molar-refractivity contribution in [2.24, 2.45) is 0 Å². The van der Waals surface area contributed by atoms with Crippen molar-refractivity contribution in [1.29, 1.82) is 0 Å². The Morgan fingerprint density at radius 1 is 1.40 bits per heavy atom. The van der Waals surface area contributed by atoms with Crippen LogP contribution in [-0.2, 0) is 11.3 Å². The zero-order valence-electron chi connectivity index (χ0n) is 10.8. The van der Waals surface area contributed by atoms with E-state index in [4.69, 9.17) is 5.11 Å². The molecular weight excluding hydrogens is 262 g/mol. The predicted octanol–water partition coefficient (Wildman–Crippen LogP) is 0.709. The highest BCUT2D eigenvalue weighted by Gasteiger charge is 2.09. The number of hydrogen-bond acceptors (Lipinski definition) is 5. The van der Waals surface area contributed by atoms with Gasteiger partial charge < -0.3 is 10.4 Å². The Hall–Kier alpha value is -2.77. The second kappa shape index (κ2) is 5.91. The fourth-order valence-electron chi connectivity index (χ4n) is 1.60. The molecule has 2 aromatic rings. The summed E-state index contributed by atoms with van der Waals surface area (Å²) in [6.07, 6.45) is 1.62. The van der Waals surface area contributed by atoms with E-state index in [-0.39, 0.29) is 17.9 Å². The van der Waals surface area contributed by atoms with Crippen LogP contribution >= 0.6 is 0 Å². The van der Waals surface area contributed by atoms with Crippen LogP contribution in [0.25, 0.3) is 0 Å². The van der Waals surface area contributed by atoms with Crippen LogP contribution in [0.5, 0.6) is 0 Å². The smallest absolute Gasteiger partial charge is 0.335 e. The second-order valence-electron chi connectivity index (χ2n) is 4.21. The summed E-state index contributed by atoms with van der Waals surface area (Å²) in [5.74, 6) is -1.26. The summed E-state index contributed by atoms with van der Waals surface area (Å²) < 4.78 is 1.44. The number of amides is 1. The molecule has 2 N–H and O–H groups in total. The van der Waals surface area contributed by atoms with E-state index in [1.165, 1.54) is 23.1 Å². The highest BCUT2D eigenvalue weighted by molar-refractivity contribution is 5.94. The standard InChI is InChI=1S/C12H13N5O3/c1-8-2-3-9(12(19)20)6-10(8)14-11(18)4-5-17-7-13-15-16-17/h2-3,6-7H,4-5H2,1H3,(H,14,18)(H,19,20). The molecule has 0 atom stereocenters. The third kappa shape index (κ3) is 3.37. The number of carbonyl (C=O) groups is 2. The minimum Gasteiger partial charge on any atom is -0.478 e. The molecule has 0 aliphatic heterocycles. The van der Waals surface area contributed by atoms with Crippen molar-refractivity contribution >= 4 is 17.6 Å². The lowest BCUT2D eigenvalue weighted by molar-refractivity contribution is -0.116. The van der Waals surface area contributed by atoms with E-state index in [0.717, 1.165) is 5.56 Å². The zero-order chi connectivity index (χ0) is 14.5. The third-order valence-corrected chi connectivity index (χ3v) is 2.72. The fourth-order valence-corrected chi connectivity index (χ4v) is 1.60. The average molecular weight is 275 g/mol. The quantitative estimate of drug-likeness (QED) is 0.831. The molecule has 0 saturated carbocycles. The molecule has 0 fully saturated rings. The van der Waals surface area contributed by atoms with Crippen LogP contribution in [0.3, 0.4) is 0 Å². The number of carboxylic acids is 1. The molecular formula is C12H13N5O3. The summed E-state index contributed by atoms with van der Waals surface area (Å²) >= 11 is 0. The number of aryl methyl sites for hydroxylation is 2. The van der Waals surface area contributed by atoms with Crippen molar-refractivity contribution in [2.75, 3.05) is 5.32 Å². The number of hydrogen-bond donors (Lipinski definition) is 2. The number of rotatable bonds is 5. The van der Waals surface area contributed by atoms with Crippen molar-refractivity contribution in [2.45, 2.75) is 19.9 Å². The molecule has 8 nitrogen and oxygen atoms in total. The minimum atomic E-state index is -1.03. The van der Waals surface area contributed by atoms with Crippen molar-refractivity contribution in [1.82, 2.24) is 20.2 Å². The number of tetrazole rings is 1. The topological polar surface area (TPSA) is 110 Å². The van der Waals surface area contributed by atoms with Gasteiger partial charge in [0.05, 0.1) is 12.1 Å². The summed E-state index contributed by atoms with van der Waals surface area (Å²) in [6, 6.07) is 4.58. The molecule has 104 valence electrons. The highest BCUT2D eigenvalue weighted by atomic mass is 16.4. The molecule has 0 spiro atoms. The van der Waals surface area contributed by atoms with Gasteiger partial charge in [0, 0.05) is 12.1 Å². The van der Waals surface area contributed by atoms with E-state index in [9.17, 15) is 9.59 Å². The van der Waals surface area contributed by atoms with Gasteiger partial charge >= 0.3 is 5.97 Å². The summed E-state index contributed by atoms with van der Waals surface area (Å²) in [4.78, 5) is 22.7. The number of aromatic nitrogens is 4. The predicted molar refractivity (Wildman–Crippen MR) is 69.2 cm³/mol. The van der Waals surface area contributed by atoms with Crippen LogP contribution in [0.2, 0.25) is 0 Å².